The second-order valence-corrected chi connectivity index (χ2v) is 8.92. The van der Waals surface area contributed by atoms with Crippen LogP contribution in [0.25, 0.3) is 11.2 Å². The Bertz CT molecular complexity index is 1130. The first kappa shape index (κ1) is 20.1. The third kappa shape index (κ3) is 3.39. The maximum Gasteiger partial charge on any atom is 0.176 e. The topological polar surface area (TPSA) is 115 Å². The molecule has 0 spiro atoms. The number of aromatic nitrogens is 3. The third-order valence-corrected chi connectivity index (χ3v) is 6.92. The molecule has 8 nitrogen and oxygen atoms in total. The van der Waals surface area contributed by atoms with Crippen molar-refractivity contribution in [2.75, 3.05) is 5.73 Å². The van der Waals surface area contributed by atoms with Crippen molar-refractivity contribution < 1.29 is 9.59 Å². The van der Waals surface area contributed by atoms with Gasteiger partial charge in [0, 0.05) is 36.2 Å². The molecule has 2 saturated heterocycles. The smallest absolute Gasteiger partial charge is 0.176 e. The minimum atomic E-state index is -0.0750. The number of Topliss-reactive ketones (excluding diaryl/α,β-unsaturated/α-hetero) is 2. The Morgan fingerprint density at radius 1 is 1.23 bits per heavy atom. The third-order valence-electron chi connectivity index (χ3n) is 6.92. The van der Waals surface area contributed by atoms with Crippen molar-refractivity contribution in [3.05, 3.63) is 29.2 Å². The lowest BCUT2D eigenvalue weighted by Crippen LogP contribution is -2.38. The number of ketones is 2. The Kier molecular flexibility index (Phi) is 4.97. The predicted molar refractivity (Wildman–Crippen MR) is 119 cm³/mol. The van der Waals surface area contributed by atoms with Crippen LogP contribution in [0.4, 0.5) is 5.82 Å². The van der Waals surface area contributed by atoms with Gasteiger partial charge in [0.2, 0.25) is 0 Å². The molecule has 0 amide bonds. The summed E-state index contributed by atoms with van der Waals surface area (Å²) in [6, 6.07) is 0.967. The van der Waals surface area contributed by atoms with Gasteiger partial charge in [0.15, 0.2) is 17.2 Å². The second kappa shape index (κ2) is 7.67. The monoisotopic (exact) mass is 420 g/mol. The van der Waals surface area contributed by atoms with E-state index >= 15 is 0 Å². The number of nitrogen functional groups attached to an aromatic ring is 1. The average molecular weight is 421 g/mol. The number of nitrogens with one attached hydrogen (secondary N) is 1. The van der Waals surface area contributed by atoms with Crippen LogP contribution < -0.4 is 11.1 Å². The van der Waals surface area contributed by atoms with Crippen molar-refractivity contribution in [2.45, 2.75) is 76.8 Å². The van der Waals surface area contributed by atoms with Crippen molar-refractivity contribution in [1.29, 1.82) is 0 Å². The van der Waals surface area contributed by atoms with Crippen LogP contribution in [0.1, 0.15) is 86.3 Å². The molecule has 2 atom stereocenters. The van der Waals surface area contributed by atoms with Crippen LogP contribution >= 0.6 is 0 Å². The molecule has 0 aliphatic carbocycles. The number of anilines is 1. The minimum absolute atomic E-state index is 0.0750. The van der Waals surface area contributed by atoms with E-state index in [2.05, 4.69) is 15.4 Å². The summed E-state index contributed by atoms with van der Waals surface area (Å²) >= 11 is 0. The number of piperidine rings is 1. The van der Waals surface area contributed by atoms with Crippen molar-refractivity contribution in [3.63, 3.8) is 0 Å². The van der Waals surface area contributed by atoms with Gasteiger partial charge >= 0.3 is 0 Å². The van der Waals surface area contributed by atoms with Gasteiger partial charge < -0.3 is 11.1 Å². The Hall–Kier alpha value is -2.87. The van der Waals surface area contributed by atoms with Gasteiger partial charge in [-0.15, -0.1) is 0 Å². The molecule has 3 aliphatic rings. The number of nitrogens with zero attached hydrogens (tertiary/aromatic N) is 4. The van der Waals surface area contributed by atoms with Gasteiger partial charge in [-0.1, -0.05) is 6.92 Å². The van der Waals surface area contributed by atoms with E-state index < -0.39 is 0 Å². The summed E-state index contributed by atoms with van der Waals surface area (Å²) in [5.41, 5.74) is 10.9. The van der Waals surface area contributed by atoms with Crippen LogP contribution in [-0.4, -0.2) is 44.0 Å². The number of allylic oxidation sites excluding steroid dienone is 1. The van der Waals surface area contributed by atoms with Crippen molar-refractivity contribution in [3.8, 4) is 0 Å². The van der Waals surface area contributed by atoms with Gasteiger partial charge in [-0.05, 0) is 51.0 Å². The average Bonchev–Trinajstić information content (AvgIpc) is 3.35. The maximum atomic E-state index is 12.6. The molecule has 162 valence electrons. The van der Waals surface area contributed by atoms with E-state index in [4.69, 9.17) is 10.7 Å². The molecule has 2 unspecified atom stereocenters. The number of hydrogen-bond acceptors (Lipinski definition) is 7. The maximum absolute atomic E-state index is 12.6. The van der Waals surface area contributed by atoms with E-state index in [1.54, 1.807) is 23.8 Å². The summed E-state index contributed by atoms with van der Waals surface area (Å²) in [6.45, 7) is 3.40. The first-order valence-corrected chi connectivity index (χ1v) is 11.2. The van der Waals surface area contributed by atoms with Gasteiger partial charge in [-0.3, -0.25) is 14.6 Å². The molecule has 8 heteroatoms. The number of hydrogen-bond donors (Lipinski definition) is 2. The van der Waals surface area contributed by atoms with Crippen LogP contribution in [0.2, 0.25) is 0 Å². The molecule has 5 rings (SSSR count). The van der Waals surface area contributed by atoms with E-state index in [9.17, 15) is 9.59 Å². The molecule has 0 saturated carbocycles. The van der Waals surface area contributed by atoms with E-state index in [1.807, 2.05) is 6.92 Å². The summed E-state index contributed by atoms with van der Waals surface area (Å²) in [5, 5.41) is 8.10. The SMILES string of the molecule is CCC(=O)C1=NC=C(c2cnn3c(N)c(C(C)=O)c(C4CC5CCC(C4)N5)nc23)CC1. The fourth-order valence-corrected chi connectivity index (χ4v) is 5.35. The first-order chi connectivity index (χ1) is 15.0. The van der Waals surface area contributed by atoms with Gasteiger partial charge in [0.1, 0.15) is 5.82 Å². The highest BCUT2D eigenvalue weighted by molar-refractivity contribution is 6.40. The molecule has 2 aromatic rings. The van der Waals surface area contributed by atoms with E-state index in [1.165, 1.54) is 12.8 Å². The zero-order valence-corrected chi connectivity index (χ0v) is 18.0. The normalized spacial score (nSPS) is 25.4. The molecular formula is C23H28N6O2. The van der Waals surface area contributed by atoms with Gasteiger partial charge in [-0.25, -0.2) is 4.98 Å². The molecular weight excluding hydrogens is 392 g/mol. The quantitative estimate of drug-likeness (QED) is 0.719. The Labute approximate surface area is 181 Å². The highest BCUT2D eigenvalue weighted by Crippen LogP contribution is 2.40. The van der Waals surface area contributed by atoms with Crippen molar-refractivity contribution in [1.82, 2.24) is 19.9 Å². The van der Waals surface area contributed by atoms with E-state index in [-0.39, 0.29) is 17.5 Å². The fraction of sp³-hybridized carbons (Fsp3) is 0.522. The Morgan fingerprint density at radius 2 is 1.97 bits per heavy atom. The number of carbonyl (C=O) groups excluding carboxylic acids is 2. The van der Waals surface area contributed by atoms with Crippen LogP contribution in [0.3, 0.4) is 0 Å². The van der Waals surface area contributed by atoms with E-state index in [0.717, 1.165) is 29.7 Å². The summed E-state index contributed by atoms with van der Waals surface area (Å²) < 4.78 is 1.57. The molecule has 5 heterocycles. The molecule has 2 bridgehead atoms. The number of aliphatic imine (C=N–C) groups is 1. The largest absolute Gasteiger partial charge is 0.383 e. The highest BCUT2D eigenvalue weighted by Gasteiger charge is 2.37. The number of fused-ring (bicyclic) bond motifs is 3. The van der Waals surface area contributed by atoms with Gasteiger partial charge in [0.05, 0.1) is 23.2 Å². The highest BCUT2D eigenvalue weighted by atomic mass is 16.1. The number of nitrogens with two attached hydrogens (primary N) is 1. The van der Waals surface area contributed by atoms with Gasteiger partial charge in [-0.2, -0.15) is 9.61 Å². The lowest BCUT2D eigenvalue weighted by Gasteiger charge is -2.30. The fourth-order valence-electron chi connectivity index (χ4n) is 5.35. The Morgan fingerprint density at radius 3 is 2.58 bits per heavy atom. The zero-order chi connectivity index (χ0) is 21.7. The summed E-state index contributed by atoms with van der Waals surface area (Å²) in [4.78, 5) is 33.9. The lowest BCUT2D eigenvalue weighted by atomic mass is 9.86. The predicted octanol–water partition coefficient (Wildman–Crippen LogP) is 3.07. The number of rotatable bonds is 5. The summed E-state index contributed by atoms with van der Waals surface area (Å²) in [6.07, 6.45) is 9.57. The second-order valence-electron chi connectivity index (χ2n) is 8.92. The summed E-state index contributed by atoms with van der Waals surface area (Å²) in [5.74, 6) is 0.576. The standard InChI is InChI=1S/C23H28N6O2/c1-3-19(31)18-7-4-13(10-25-18)17-11-26-29-22(24)20(12(2)30)21(28-23(17)29)14-8-15-5-6-16(9-14)27-15/h10-11,14-16,27H,3-9,24H2,1-2H3. The first-order valence-electron chi connectivity index (χ1n) is 11.2. The molecule has 0 aromatic carbocycles. The van der Waals surface area contributed by atoms with Gasteiger partial charge in [0.25, 0.3) is 0 Å². The molecule has 3 N–H and O–H groups in total. The zero-order valence-electron chi connectivity index (χ0n) is 18.0. The van der Waals surface area contributed by atoms with Crippen LogP contribution in [0.15, 0.2) is 17.4 Å². The lowest BCUT2D eigenvalue weighted by molar-refractivity contribution is -0.112. The van der Waals surface area contributed by atoms with Crippen molar-refractivity contribution >= 4 is 34.3 Å². The van der Waals surface area contributed by atoms with Crippen molar-refractivity contribution in [2.24, 2.45) is 4.99 Å². The minimum Gasteiger partial charge on any atom is -0.383 e. The molecule has 31 heavy (non-hydrogen) atoms. The van der Waals surface area contributed by atoms with Crippen LogP contribution in [-0.2, 0) is 4.79 Å². The van der Waals surface area contributed by atoms with E-state index in [0.29, 0.717) is 54.1 Å². The molecule has 2 aromatic heterocycles. The molecule has 3 aliphatic heterocycles. The summed E-state index contributed by atoms with van der Waals surface area (Å²) in [7, 11) is 0. The van der Waals surface area contributed by atoms with Crippen LogP contribution in [0.5, 0.6) is 0 Å². The number of carbonyl (C=O) groups is 2. The Balaban J connectivity index is 1.61. The van der Waals surface area contributed by atoms with Crippen LogP contribution in [0, 0.1) is 0 Å². The molecule has 2 fully saturated rings. The molecule has 0 radical (unpaired) electrons.